The number of hydrogen-bond acceptors (Lipinski definition) is 4. The number of alkyl carbamates (subject to hydrolysis) is 1. The molecule has 1 amide bonds. The largest absolute Gasteiger partial charge is 0.453 e. The van der Waals surface area contributed by atoms with Gasteiger partial charge in [0.1, 0.15) is 6.73 Å². The molecule has 0 rings (SSSR count). The van der Waals surface area contributed by atoms with Crippen molar-refractivity contribution in [2.45, 2.75) is 6.92 Å². The van der Waals surface area contributed by atoms with E-state index in [0.717, 1.165) is 5.75 Å². The van der Waals surface area contributed by atoms with E-state index in [0.29, 0.717) is 5.94 Å². The Morgan fingerprint density at radius 2 is 2.36 bits per heavy atom. The minimum atomic E-state index is -0.466. The van der Waals surface area contributed by atoms with Crippen LogP contribution in [0.4, 0.5) is 4.79 Å². The molecule has 1 N–H and O–H groups in total. The summed E-state index contributed by atoms with van der Waals surface area (Å²) >= 11 is 1.65. The summed E-state index contributed by atoms with van der Waals surface area (Å²) in [6.45, 7) is 2.25. The van der Waals surface area contributed by atoms with Crippen molar-refractivity contribution in [2.75, 3.05) is 25.5 Å². The second-order valence-corrected chi connectivity index (χ2v) is 2.85. The number of rotatable bonds is 5. The van der Waals surface area contributed by atoms with Gasteiger partial charge in [0.25, 0.3) is 0 Å². The Balaban J connectivity index is 2.95. The van der Waals surface area contributed by atoms with E-state index < -0.39 is 6.09 Å². The van der Waals surface area contributed by atoms with Gasteiger partial charge in [-0.2, -0.15) is 0 Å². The first-order chi connectivity index (χ1) is 5.31. The number of thioether (sulfide) groups is 1. The summed E-state index contributed by atoms with van der Waals surface area (Å²) in [4.78, 5) is 10.4. The molecule has 0 aromatic rings. The highest BCUT2D eigenvalue weighted by Crippen LogP contribution is 1.96. The molecule has 0 spiro atoms. The summed E-state index contributed by atoms with van der Waals surface area (Å²) in [5.74, 6) is 1.61. The Hall–Kier alpha value is -0.420. The van der Waals surface area contributed by atoms with E-state index in [2.05, 4.69) is 10.1 Å². The third kappa shape index (κ3) is 7.48. The van der Waals surface area contributed by atoms with Crippen LogP contribution >= 0.6 is 11.8 Å². The van der Waals surface area contributed by atoms with Crippen molar-refractivity contribution in [1.29, 1.82) is 0 Å². The zero-order chi connectivity index (χ0) is 8.53. The quantitative estimate of drug-likeness (QED) is 0.506. The lowest BCUT2D eigenvalue weighted by Crippen LogP contribution is -2.25. The first-order valence-electron chi connectivity index (χ1n) is 3.28. The smallest absolute Gasteiger partial charge is 0.408 e. The monoisotopic (exact) mass is 179 g/mol. The molecule has 0 unspecified atom stereocenters. The summed E-state index contributed by atoms with van der Waals surface area (Å²) in [5.41, 5.74) is 0. The molecule has 0 fully saturated rings. The molecule has 0 aromatic carbocycles. The molecule has 4 nitrogen and oxygen atoms in total. The molecule has 0 aromatic heterocycles. The molecule has 0 heterocycles. The summed E-state index contributed by atoms with van der Waals surface area (Å²) in [6, 6.07) is 0. The van der Waals surface area contributed by atoms with Crippen LogP contribution in [0.15, 0.2) is 0 Å². The molecular formula is C6H13NO3S. The second kappa shape index (κ2) is 7.68. The lowest BCUT2D eigenvalue weighted by molar-refractivity contribution is 0.130. The number of hydrogen-bond donors (Lipinski definition) is 1. The first kappa shape index (κ1) is 10.6. The molecule has 0 bridgehead atoms. The van der Waals surface area contributed by atoms with Crippen molar-refractivity contribution < 1.29 is 14.3 Å². The predicted octanol–water partition coefficient (Wildman–Crippen LogP) is 1.03. The third-order valence-electron chi connectivity index (χ3n) is 0.875. The third-order valence-corrected chi connectivity index (χ3v) is 1.62. The van der Waals surface area contributed by atoms with E-state index in [1.54, 1.807) is 11.8 Å². The van der Waals surface area contributed by atoms with Crippen LogP contribution in [0.3, 0.4) is 0 Å². The highest BCUT2D eigenvalue weighted by atomic mass is 32.2. The first-order valence-corrected chi connectivity index (χ1v) is 4.44. The van der Waals surface area contributed by atoms with Crippen molar-refractivity contribution in [3.05, 3.63) is 0 Å². The fraction of sp³-hybridized carbons (Fsp3) is 0.833. The predicted molar refractivity (Wildman–Crippen MR) is 44.5 cm³/mol. The fourth-order valence-corrected chi connectivity index (χ4v) is 0.734. The van der Waals surface area contributed by atoms with Crippen molar-refractivity contribution in [3.63, 3.8) is 0 Å². The summed E-state index contributed by atoms with van der Waals surface area (Å²) in [7, 11) is 1.32. The van der Waals surface area contributed by atoms with Crippen molar-refractivity contribution in [2.24, 2.45) is 0 Å². The molecule has 0 aliphatic carbocycles. The summed E-state index contributed by atoms with van der Waals surface area (Å²) < 4.78 is 9.32. The van der Waals surface area contributed by atoms with Gasteiger partial charge in [0.2, 0.25) is 0 Å². The highest BCUT2D eigenvalue weighted by molar-refractivity contribution is 7.99. The van der Waals surface area contributed by atoms with Crippen molar-refractivity contribution in [1.82, 2.24) is 5.32 Å². The number of ether oxygens (including phenoxy) is 2. The minimum absolute atomic E-state index is 0.208. The fourth-order valence-electron chi connectivity index (χ4n) is 0.366. The SMILES string of the molecule is CCSCOCNC(=O)OC. The normalized spacial score (nSPS) is 9.27. The lowest BCUT2D eigenvalue weighted by atomic mass is 11.0. The summed E-state index contributed by atoms with van der Waals surface area (Å²) in [5, 5.41) is 2.39. The van der Waals surface area contributed by atoms with E-state index in [9.17, 15) is 4.79 Å². The van der Waals surface area contributed by atoms with Crippen LogP contribution < -0.4 is 5.32 Å². The van der Waals surface area contributed by atoms with Gasteiger partial charge in [0, 0.05) is 0 Å². The number of carbonyl (C=O) groups is 1. The van der Waals surface area contributed by atoms with E-state index >= 15 is 0 Å². The van der Waals surface area contributed by atoms with Crippen LogP contribution in [0.25, 0.3) is 0 Å². The van der Waals surface area contributed by atoms with Gasteiger partial charge in [-0.3, -0.25) is 5.32 Å². The van der Waals surface area contributed by atoms with Crippen LogP contribution in [-0.2, 0) is 9.47 Å². The maximum Gasteiger partial charge on any atom is 0.408 e. The molecule has 66 valence electrons. The average Bonchev–Trinajstić information content (AvgIpc) is 2.04. The number of amides is 1. The van der Waals surface area contributed by atoms with E-state index in [1.165, 1.54) is 7.11 Å². The topological polar surface area (TPSA) is 47.6 Å². The molecule has 11 heavy (non-hydrogen) atoms. The maximum atomic E-state index is 10.4. The molecule has 5 heteroatoms. The molecule has 0 saturated heterocycles. The van der Waals surface area contributed by atoms with Crippen molar-refractivity contribution >= 4 is 17.9 Å². The summed E-state index contributed by atoms with van der Waals surface area (Å²) in [6.07, 6.45) is -0.466. The standard InChI is InChI=1S/C6H13NO3S/c1-3-11-5-10-4-7-6(8)9-2/h3-5H2,1-2H3,(H,7,8). The van der Waals surface area contributed by atoms with Gasteiger partial charge >= 0.3 is 6.09 Å². The van der Waals surface area contributed by atoms with Crippen LogP contribution in [-0.4, -0.2) is 31.6 Å². The van der Waals surface area contributed by atoms with Gasteiger partial charge in [0.15, 0.2) is 0 Å². The zero-order valence-corrected chi connectivity index (χ0v) is 7.57. The Morgan fingerprint density at radius 3 is 2.91 bits per heavy atom. The minimum Gasteiger partial charge on any atom is -0.453 e. The van der Waals surface area contributed by atoms with Crippen LogP contribution in [0.1, 0.15) is 6.92 Å². The molecule has 0 radical (unpaired) electrons. The molecule has 0 aliphatic heterocycles. The van der Waals surface area contributed by atoms with Gasteiger partial charge in [-0.15, -0.1) is 11.8 Å². The zero-order valence-electron chi connectivity index (χ0n) is 6.75. The van der Waals surface area contributed by atoms with Gasteiger partial charge < -0.3 is 9.47 Å². The van der Waals surface area contributed by atoms with Crippen LogP contribution in [0, 0.1) is 0 Å². The molecule has 0 saturated carbocycles. The Bertz CT molecular complexity index is 110. The lowest BCUT2D eigenvalue weighted by Gasteiger charge is -2.03. The van der Waals surface area contributed by atoms with Gasteiger partial charge in [-0.25, -0.2) is 4.79 Å². The Labute approximate surface area is 70.6 Å². The second-order valence-electron chi connectivity index (χ2n) is 1.63. The molecular weight excluding hydrogens is 166 g/mol. The van der Waals surface area contributed by atoms with Gasteiger partial charge in [-0.1, -0.05) is 6.92 Å². The van der Waals surface area contributed by atoms with E-state index in [4.69, 9.17) is 4.74 Å². The molecule has 0 atom stereocenters. The highest BCUT2D eigenvalue weighted by Gasteiger charge is 1.94. The maximum absolute atomic E-state index is 10.4. The van der Waals surface area contributed by atoms with Crippen LogP contribution in [0.5, 0.6) is 0 Å². The molecule has 0 aliphatic rings. The average molecular weight is 179 g/mol. The Kier molecular flexibility index (Phi) is 7.39. The van der Waals surface area contributed by atoms with Crippen molar-refractivity contribution in [3.8, 4) is 0 Å². The van der Waals surface area contributed by atoms with E-state index in [1.807, 2.05) is 6.92 Å². The number of nitrogens with one attached hydrogen (secondary N) is 1. The van der Waals surface area contributed by atoms with Gasteiger partial charge in [0.05, 0.1) is 13.0 Å². The number of carbonyl (C=O) groups excluding carboxylic acids is 1. The van der Waals surface area contributed by atoms with Gasteiger partial charge in [-0.05, 0) is 5.75 Å². The van der Waals surface area contributed by atoms with E-state index in [-0.39, 0.29) is 6.73 Å². The number of methoxy groups -OCH3 is 1. The van der Waals surface area contributed by atoms with Crippen LogP contribution in [0.2, 0.25) is 0 Å². The Morgan fingerprint density at radius 1 is 1.64 bits per heavy atom.